The molecule has 0 saturated heterocycles. The van der Waals surface area contributed by atoms with E-state index in [9.17, 15) is 4.79 Å². The van der Waals surface area contributed by atoms with Crippen LogP contribution >= 0.6 is 11.3 Å². The molecular formula is C15H21N3OS. The second-order valence-corrected chi connectivity index (χ2v) is 6.06. The lowest BCUT2D eigenvalue weighted by molar-refractivity contribution is 0.0953. The minimum absolute atomic E-state index is 0.0267. The number of aryl methyl sites for hydroxylation is 3. The van der Waals surface area contributed by atoms with Gasteiger partial charge in [-0.05, 0) is 38.8 Å². The lowest BCUT2D eigenvalue weighted by atomic mass is 10.3. The van der Waals surface area contributed by atoms with Crippen LogP contribution < -0.4 is 5.32 Å². The Bertz CT molecular complexity index is 613. The average molecular weight is 291 g/mol. The molecule has 0 spiro atoms. The van der Waals surface area contributed by atoms with Crippen LogP contribution in [0.4, 0.5) is 0 Å². The molecule has 0 aliphatic rings. The molecule has 1 N–H and O–H groups in total. The van der Waals surface area contributed by atoms with Gasteiger partial charge in [0.2, 0.25) is 0 Å². The van der Waals surface area contributed by atoms with E-state index in [1.807, 2.05) is 20.0 Å². The van der Waals surface area contributed by atoms with Gasteiger partial charge in [0.25, 0.3) is 5.91 Å². The van der Waals surface area contributed by atoms with E-state index in [4.69, 9.17) is 0 Å². The fourth-order valence-corrected chi connectivity index (χ4v) is 3.16. The minimum atomic E-state index is -0.0267. The lowest BCUT2D eigenvalue weighted by Gasteiger charge is -2.06. The molecule has 2 aromatic rings. The van der Waals surface area contributed by atoms with E-state index in [2.05, 4.69) is 34.8 Å². The zero-order valence-corrected chi connectivity index (χ0v) is 13.3. The molecule has 0 fully saturated rings. The monoisotopic (exact) mass is 291 g/mol. The number of aromatic nitrogens is 2. The summed E-state index contributed by atoms with van der Waals surface area (Å²) in [7, 11) is 2.01. The first-order valence-electron chi connectivity index (χ1n) is 6.88. The molecule has 20 heavy (non-hydrogen) atoms. The molecule has 2 aromatic heterocycles. The molecule has 1 amide bonds. The number of amides is 1. The Hall–Kier alpha value is -1.62. The predicted octanol–water partition coefficient (Wildman–Crippen LogP) is 2.98. The number of carbonyl (C=O) groups excluding carboxylic acids is 1. The Morgan fingerprint density at radius 1 is 1.40 bits per heavy atom. The molecule has 108 valence electrons. The van der Waals surface area contributed by atoms with Crippen LogP contribution in [0.2, 0.25) is 0 Å². The molecule has 0 unspecified atom stereocenters. The van der Waals surface area contributed by atoms with Gasteiger partial charge in [0.15, 0.2) is 0 Å². The van der Waals surface area contributed by atoms with Crippen molar-refractivity contribution in [1.29, 1.82) is 0 Å². The summed E-state index contributed by atoms with van der Waals surface area (Å²) in [4.78, 5) is 17.4. The fraction of sp³-hybridized carbons (Fsp3) is 0.467. The molecule has 0 aromatic carbocycles. The third kappa shape index (κ3) is 3.10. The molecule has 0 radical (unpaired) electrons. The molecule has 2 heterocycles. The summed E-state index contributed by atoms with van der Waals surface area (Å²) in [5, 5.41) is 4.02. The smallest absolute Gasteiger partial charge is 0.263 e. The maximum Gasteiger partial charge on any atom is 0.263 e. The van der Waals surface area contributed by atoms with Gasteiger partial charge < -0.3 is 9.88 Å². The molecule has 0 bridgehead atoms. The highest BCUT2D eigenvalue weighted by Crippen LogP contribution is 2.19. The van der Waals surface area contributed by atoms with Crippen LogP contribution in [0.5, 0.6) is 0 Å². The van der Waals surface area contributed by atoms with Crippen LogP contribution in [0.15, 0.2) is 12.1 Å². The van der Waals surface area contributed by atoms with Crippen LogP contribution in [-0.2, 0) is 20.0 Å². The second-order valence-electron chi connectivity index (χ2n) is 4.98. The number of rotatable bonds is 5. The maximum absolute atomic E-state index is 12.2. The van der Waals surface area contributed by atoms with Crippen molar-refractivity contribution in [3.63, 3.8) is 0 Å². The molecule has 0 saturated carbocycles. The highest BCUT2D eigenvalue weighted by molar-refractivity contribution is 7.13. The first kappa shape index (κ1) is 14.8. The van der Waals surface area contributed by atoms with Gasteiger partial charge in [0.05, 0.1) is 17.2 Å². The van der Waals surface area contributed by atoms with E-state index in [0.717, 1.165) is 34.1 Å². The Morgan fingerprint density at radius 3 is 2.75 bits per heavy atom. The van der Waals surface area contributed by atoms with E-state index in [1.165, 1.54) is 17.0 Å². The van der Waals surface area contributed by atoms with Gasteiger partial charge in [-0.25, -0.2) is 4.98 Å². The first-order chi connectivity index (χ1) is 9.52. The number of carbonyl (C=O) groups is 1. The van der Waals surface area contributed by atoms with Gasteiger partial charge in [-0.3, -0.25) is 4.79 Å². The number of thiazole rings is 1. The summed E-state index contributed by atoms with van der Waals surface area (Å²) in [6, 6.07) is 4.09. The maximum atomic E-state index is 12.2. The van der Waals surface area contributed by atoms with Crippen molar-refractivity contribution in [3.8, 4) is 0 Å². The standard InChI is InChI=1S/C15H21N3OS/c1-5-6-13-17-11(3)14(20-13)15(19)16-9-12-8-7-10(2)18(12)4/h7-8H,5-6,9H2,1-4H3,(H,16,19). The van der Waals surface area contributed by atoms with Crippen molar-refractivity contribution in [2.75, 3.05) is 0 Å². The quantitative estimate of drug-likeness (QED) is 0.920. The van der Waals surface area contributed by atoms with Gasteiger partial charge in [-0.2, -0.15) is 0 Å². The summed E-state index contributed by atoms with van der Waals surface area (Å²) < 4.78 is 2.09. The zero-order chi connectivity index (χ0) is 14.7. The van der Waals surface area contributed by atoms with Gasteiger partial charge in [0.1, 0.15) is 4.88 Å². The van der Waals surface area contributed by atoms with Crippen LogP contribution in [0.3, 0.4) is 0 Å². The fourth-order valence-electron chi connectivity index (χ4n) is 2.08. The molecule has 4 nitrogen and oxygen atoms in total. The molecular weight excluding hydrogens is 270 g/mol. The van der Waals surface area contributed by atoms with Gasteiger partial charge >= 0.3 is 0 Å². The first-order valence-corrected chi connectivity index (χ1v) is 7.70. The third-order valence-electron chi connectivity index (χ3n) is 3.42. The number of hydrogen-bond donors (Lipinski definition) is 1. The van der Waals surface area contributed by atoms with Crippen LogP contribution in [0, 0.1) is 13.8 Å². The van der Waals surface area contributed by atoms with Crippen molar-refractivity contribution >= 4 is 17.2 Å². The summed E-state index contributed by atoms with van der Waals surface area (Å²) in [6.45, 7) is 6.62. The number of nitrogens with one attached hydrogen (secondary N) is 1. The molecule has 5 heteroatoms. The molecule has 2 rings (SSSR count). The Kier molecular flexibility index (Phi) is 4.60. The molecule has 0 atom stereocenters. The van der Waals surface area contributed by atoms with E-state index in [0.29, 0.717) is 6.54 Å². The summed E-state index contributed by atoms with van der Waals surface area (Å²) in [6.07, 6.45) is 1.99. The van der Waals surface area contributed by atoms with E-state index >= 15 is 0 Å². The summed E-state index contributed by atoms with van der Waals surface area (Å²) in [5.41, 5.74) is 3.12. The van der Waals surface area contributed by atoms with Crippen molar-refractivity contribution < 1.29 is 4.79 Å². The number of nitrogens with zero attached hydrogens (tertiary/aromatic N) is 2. The highest BCUT2D eigenvalue weighted by Gasteiger charge is 2.15. The van der Waals surface area contributed by atoms with Crippen molar-refractivity contribution in [1.82, 2.24) is 14.9 Å². The lowest BCUT2D eigenvalue weighted by Crippen LogP contribution is -2.23. The van der Waals surface area contributed by atoms with E-state index < -0.39 is 0 Å². The average Bonchev–Trinajstić information content (AvgIpc) is 2.93. The van der Waals surface area contributed by atoms with Crippen LogP contribution in [0.1, 0.15) is 45.1 Å². The second kappa shape index (κ2) is 6.22. The van der Waals surface area contributed by atoms with Gasteiger partial charge in [-0.15, -0.1) is 11.3 Å². The third-order valence-corrected chi connectivity index (χ3v) is 4.63. The van der Waals surface area contributed by atoms with Crippen LogP contribution in [0.25, 0.3) is 0 Å². The van der Waals surface area contributed by atoms with E-state index in [-0.39, 0.29) is 5.91 Å². The number of hydrogen-bond acceptors (Lipinski definition) is 3. The summed E-state index contributed by atoms with van der Waals surface area (Å²) >= 11 is 1.51. The largest absolute Gasteiger partial charge is 0.350 e. The van der Waals surface area contributed by atoms with E-state index in [1.54, 1.807) is 0 Å². The van der Waals surface area contributed by atoms with Gasteiger partial charge in [-0.1, -0.05) is 6.92 Å². The Labute approximate surface area is 123 Å². The van der Waals surface area contributed by atoms with Crippen LogP contribution in [-0.4, -0.2) is 15.5 Å². The minimum Gasteiger partial charge on any atom is -0.350 e. The highest BCUT2D eigenvalue weighted by atomic mass is 32.1. The molecule has 0 aliphatic carbocycles. The topological polar surface area (TPSA) is 46.9 Å². The van der Waals surface area contributed by atoms with Crippen molar-refractivity contribution in [2.24, 2.45) is 7.05 Å². The molecule has 0 aliphatic heterocycles. The Balaban J connectivity index is 2.03. The van der Waals surface area contributed by atoms with Crippen molar-refractivity contribution in [3.05, 3.63) is 39.1 Å². The summed E-state index contributed by atoms with van der Waals surface area (Å²) in [5.74, 6) is -0.0267. The SMILES string of the molecule is CCCc1nc(C)c(C(=O)NCc2ccc(C)n2C)s1. The zero-order valence-electron chi connectivity index (χ0n) is 12.5. The Morgan fingerprint density at radius 2 is 2.15 bits per heavy atom. The predicted molar refractivity (Wildman–Crippen MR) is 82.2 cm³/mol. The van der Waals surface area contributed by atoms with Crippen molar-refractivity contribution in [2.45, 2.75) is 40.2 Å². The van der Waals surface area contributed by atoms with Gasteiger partial charge in [0, 0.05) is 18.4 Å². The normalized spacial score (nSPS) is 10.8.